The van der Waals surface area contributed by atoms with Crippen molar-refractivity contribution in [3.8, 4) is 66.8 Å². The number of aryl methyl sites for hydroxylation is 1. The normalized spacial score (nSPS) is 12.2. The van der Waals surface area contributed by atoms with Crippen molar-refractivity contribution >= 4 is 21.8 Å². The summed E-state index contributed by atoms with van der Waals surface area (Å²) in [6.45, 7) is 0. The van der Waals surface area contributed by atoms with Crippen molar-refractivity contribution in [3.05, 3.63) is 193 Å². The van der Waals surface area contributed by atoms with E-state index in [-0.39, 0.29) is 0 Å². The molecule has 0 aliphatic heterocycles. The number of benzene rings is 8. The molecule has 0 unspecified atom stereocenters. The number of aromatic amines is 1. The van der Waals surface area contributed by atoms with Crippen LogP contribution in [0.25, 0.3) is 88.6 Å². The summed E-state index contributed by atoms with van der Waals surface area (Å²) in [7, 11) is 0. The van der Waals surface area contributed by atoms with Crippen molar-refractivity contribution in [2.24, 2.45) is 0 Å². The summed E-state index contributed by atoms with van der Waals surface area (Å²) in [6, 6.07) is 66.8. The molecule has 1 nitrogen and oxygen atoms in total. The average molecular weight is 650 g/mol. The molecule has 240 valence electrons. The van der Waals surface area contributed by atoms with Gasteiger partial charge in [0.2, 0.25) is 0 Å². The fraction of sp³-hybridized carbons (Fsp3) is 0.0400. The Bertz CT molecular complexity index is 2700. The summed E-state index contributed by atoms with van der Waals surface area (Å²) in [6.07, 6.45) is 2.08. The predicted octanol–water partition coefficient (Wildman–Crippen LogP) is 13.4. The summed E-state index contributed by atoms with van der Waals surface area (Å²) in [5.41, 5.74) is 20.4. The van der Waals surface area contributed by atoms with Gasteiger partial charge in [0.25, 0.3) is 0 Å². The monoisotopic (exact) mass is 649 g/mol. The molecule has 9 aromatic rings. The van der Waals surface area contributed by atoms with Crippen LogP contribution in [0.1, 0.15) is 11.1 Å². The Morgan fingerprint density at radius 3 is 1.47 bits per heavy atom. The first-order valence-electron chi connectivity index (χ1n) is 17.9. The van der Waals surface area contributed by atoms with Gasteiger partial charge in [-0.2, -0.15) is 0 Å². The van der Waals surface area contributed by atoms with Gasteiger partial charge in [0.1, 0.15) is 0 Å². The van der Waals surface area contributed by atoms with Gasteiger partial charge in [0.15, 0.2) is 0 Å². The Hall–Kier alpha value is -6.44. The van der Waals surface area contributed by atoms with E-state index in [2.05, 4.69) is 187 Å². The number of nitrogens with one attached hydrogen (secondary N) is 1. The van der Waals surface area contributed by atoms with E-state index in [1.54, 1.807) is 0 Å². The lowest BCUT2D eigenvalue weighted by atomic mass is 9.79. The Labute approximate surface area is 298 Å². The summed E-state index contributed by atoms with van der Waals surface area (Å²) in [5, 5.41) is 2.49. The van der Waals surface area contributed by atoms with E-state index >= 15 is 0 Å². The molecule has 51 heavy (non-hydrogen) atoms. The number of rotatable bonds is 5. The van der Waals surface area contributed by atoms with E-state index in [1.165, 1.54) is 94.2 Å². The average Bonchev–Trinajstić information content (AvgIpc) is 3.59. The molecular weight excluding hydrogens is 615 g/mol. The molecule has 1 N–H and O–H groups in total. The van der Waals surface area contributed by atoms with Crippen LogP contribution in [0.2, 0.25) is 0 Å². The summed E-state index contributed by atoms with van der Waals surface area (Å²) < 4.78 is 0. The van der Waals surface area contributed by atoms with Gasteiger partial charge in [0, 0.05) is 21.9 Å². The first-order chi connectivity index (χ1) is 25.3. The summed E-state index contributed by atoms with van der Waals surface area (Å²) >= 11 is 0. The van der Waals surface area contributed by atoms with Gasteiger partial charge in [-0.15, -0.1) is 0 Å². The molecule has 1 heteroatoms. The van der Waals surface area contributed by atoms with E-state index in [4.69, 9.17) is 0 Å². The Morgan fingerprint density at radius 2 is 0.804 bits per heavy atom. The molecule has 0 radical (unpaired) electrons. The zero-order chi connectivity index (χ0) is 33.7. The largest absolute Gasteiger partial charge is 0.354 e. The van der Waals surface area contributed by atoms with Crippen LogP contribution in [0.15, 0.2) is 182 Å². The number of hydrogen-bond donors (Lipinski definition) is 1. The van der Waals surface area contributed by atoms with Crippen molar-refractivity contribution in [1.29, 1.82) is 0 Å². The van der Waals surface area contributed by atoms with Crippen LogP contribution in [-0.4, -0.2) is 4.98 Å². The van der Waals surface area contributed by atoms with Crippen molar-refractivity contribution in [3.63, 3.8) is 0 Å². The fourth-order valence-corrected chi connectivity index (χ4v) is 8.16. The lowest BCUT2D eigenvalue weighted by Crippen LogP contribution is -2.06. The van der Waals surface area contributed by atoms with Crippen molar-refractivity contribution in [2.75, 3.05) is 0 Å². The molecule has 10 rings (SSSR count). The zero-order valence-electron chi connectivity index (χ0n) is 28.2. The minimum absolute atomic E-state index is 1.04. The number of hydrogen-bond acceptors (Lipinski definition) is 0. The molecule has 0 spiro atoms. The van der Waals surface area contributed by atoms with Crippen LogP contribution in [0.3, 0.4) is 0 Å². The fourth-order valence-electron chi connectivity index (χ4n) is 8.16. The van der Waals surface area contributed by atoms with E-state index < -0.39 is 0 Å². The maximum atomic E-state index is 3.81. The quantitative estimate of drug-likeness (QED) is 0.191. The highest BCUT2D eigenvalue weighted by atomic mass is 14.7. The highest BCUT2D eigenvalue weighted by Gasteiger charge is 2.22. The number of aromatic nitrogens is 1. The molecule has 0 saturated carbocycles. The van der Waals surface area contributed by atoms with Crippen LogP contribution in [0, 0.1) is 0 Å². The molecule has 1 aliphatic carbocycles. The zero-order valence-corrected chi connectivity index (χ0v) is 28.2. The van der Waals surface area contributed by atoms with Crippen molar-refractivity contribution < 1.29 is 0 Å². The standard InChI is InChI=1S/C50H35N/c1-5-13-33(14-6-1)40-29-43(35-17-9-3-10-18-35)42-25-23-37-21-22-38(27-44(37)46(42)31-40)39-24-26-49-47(28-39)48-32-41(34-15-7-2-8-16-34)30-45(50(48)51-49)36-19-11-4-12-20-36/h1-22,24,26-32,51H,23,25H2. The minimum atomic E-state index is 1.04. The maximum absolute atomic E-state index is 3.81. The number of fused-ring (bicyclic) bond motifs is 6. The van der Waals surface area contributed by atoms with E-state index in [9.17, 15) is 0 Å². The topological polar surface area (TPSA) is 15.8 Å². The van der Waals surface area contributed by atoms with Crippen LogP contribution in [0.4, 0.5) is 0 Å². The molecule has 8 aromatic carbocycles. The second-order valence-electron chi connectivity index (χ2n) is 13.7. The molecule has 1 heterocycles. The van der Waals surface area contributed by atoms with E-state index in [1.807, 2.05) is 0 Å². The third kappa shape index (κ3) is 5.18. The predicted molar refractivity (Wildman–Crippen MR) is 216 cm³/mol. The van der Waals surface area contributed by atoms with Gasteiger partial charge < -0.3 is 4.98 Å². The Balaban J connectivity index is 1.15. The lowest BCUT2D eigenvalue weighted by Gasteiger charge is -2.25. The first kappa shape index (κ1) is 29.5. The van der Waals surface area contributed by atoms with Crippen molar-refractivity contribution in [1.82, 2.24) is 4.98 Å². The van der Waals surface area contributed by atoms with Gasteiger partial charge in [-0.25, -0.2) is 0 Å². The molecule has 0 fully saturated rings. The Kier molecular flexibility index (Phi) is 7.03. The first-order valence-corrected chi connectivity index (χ1v) is 17.9. The van der Waals surface area contributed by atoms with Gasteiger partial charge in [0.05, 0.1) is 5.52 Å². The highest BCUT2D eigenvalue weighted by Crippen LogP contribution is 2.44. The third-order valence-corrected chi connectivity index (χ3v) is 10.7. The van der Waals surface area contributed by atoms with Gasteiger partial charge in [-0.1, -0.05) is 140 Å². The van der Waals surface area contributed by atoms with Crippen LogP contribution in [0.5, 0.6) is 0 Å². The molecule has 1 aromatic heterocycles. The molecule has 0 amide bonds. The smallest absolute Gasteiger partial charge is 0.0544 e. The molecule has 0 saturated heterocycles. The summed E-state index contributed by atoms with van der Waals surface area (Å²) in [4.78, 5) is 3.81. The van der Waals surface area contributed by atoms with E-state index in [0.29, 0.717) is 0 Å². The molecule has 0 bridgehead atoms. The van der Waals surface area contributed by atoms with Gasteiger partial charge >= 0.3 is 0 Å². The maximum Gasteiger partial charge on any atom is 0.0544 e. The minimum Gasteiger partial charge on any atom is -0.354 e. The second-order valence-corrected chi connectivity index (χ2v) is 13.7. The van der Waals surface area contributed by atoms with Crippen molar-refractivity contribution in [2.45, 2.75) is 12.8 Å². The molecule has 1 aliphatic rings. The third-order valence-electron chi connectivity index (χ3n) is 10.7. The SMILES string of the molecule is c1ccc(-c2cc(-c3ccccc3)c3c(c2)-c2cc(-c4ccc5[nH]c6c(-c7ccccc7)cc(-c7ccccc7)cc6c5c4)ccc2CC3)cc1. The molecular formula is C50H35N. The molecule has 0 atom stereocenters. The van der Waals surface area contributed by atoms with Gasteiger partial charge in [-0.05, 0) is 128 Å². The second kappa shape index (κ2) is 12.2. The van der Waals surface area contributed by atoms with Crippen LogP contribution >= 0.6 is 0 Å². The summed E-state index contributed by atoms with van der Waals surface area (Å²) in [5.74, 6) is 0. The van der Waals surface area contributed by atoms with Crippen LogP contribution < -0.4 is 0 Å². The highest BCUT2D eigenvalue weighted by molar-refractivity contribution is 6.14. The van der Waals surface area contributed by atoms with Gasteiger partial charge in [-0.3, -0.25) is 0 Å². The van der Waals surface area contributed by atoms with E-state index in [0.717, 1.165) is 18.4 Å². The Morgan fingerprint density at radius 1 is 0.314 bits per heavy atom. The number of H-pyrrole nitrogens is 1. The lowest BCUT2D eigenvalue weighted by molar-refractivity contribution is 0.944. The van der Waals surface area contributed by atoms with Crippen LogP contribution in [-0.2, 0) is 12.8 Å².